The number of rotatable bonds is 6. The summed E-state index contributed by atoms with van der Waals surface area (Å²) >= 11 is 0. The topological polar surface area (TPSA) is 58.6 Å². The van der Waals surface area contributed by atoms with Gasteiger partial charge in [-0.25, -0.2) is 4.39 Å². The average Bonchev–Trinajstić information content (AvgIpc) is 2.73. The zero-order valence-corrected chi connectivity index (χ0v) is 17.7. The molecule has 2 amide bonds. The third-order valence-corrected chi connectivity index (χ3v) is 5.33. The summed E-state index contributed by atoms with van der Waals surface area (Å²) in [6.07, 6.45) is 1.32. The van der Waals surface area contributed by atoms with Gasteiger partial charge in [0.1, 0.15) is 11.6 Å². The number of likely N-dealkylation sites (tertiary alicyclic amines) is 1. The van der Waals surface area contributed by atoms with Crippen LogP contribution in [0.1, 0.15) is 55.6 Å². The van der Waals surface area contributed by atoms with E-state index in [1.54, 1.807) is 4.90 Å². The van der Waals surface area contributed by atoms with Crippen molar-refractivity contribution in [3.05, 3.63) is 65.5 Å². The fourth-order valence-corrected chi connectivity index (χ4v) is 3.66. The molecular formula is C24H29FN2O3. The molecule has 0 aliphatic carbocycles. The maximum atomic E-state index is 13.1. The van der Waals surface area contributed by atoms with Crippen molar-refractivity contribution in [2.24, 2.45) is 5.92 Å². The van der Waals surface area contributed by atoms with Crippen LogP contribution in [0.5, 0.6) is 5.75 Å². The Morgan fingerprint density at radius 2 is 1.73 bits per heavy atom. The van der Waals surface area contributed by atoms with Crippen molar-refractivity contribution < 1.29 is 18.7 Å². The van der Waals surface area contributed by atoms with Gasteiger partial charge in [0.25, 0.3) is 5.91 Å². The second-order valence-corrected chi connectivity index (χ2v) is 8.04. The van der Waals surface area contributed by atoms with Crippen LogP contribution in [0.15, 0.2) is 48.5 Å². The molecule has 0 aromatic heterocycles. The van der Waals surface area contributed by atoms with E-state index in [9.17, 15) is 14.0 Å². The normalized spacial score (nSPS) is 15.7. The van der Waals surface area contributed by atoms with Gasteiger partial charge in [-0.15, -0.1) is 0 Å². The largest absolute Gasteiger partial charge is 0.491 e. The van der Waals surface area contributed by atoms with Crippen LogP contribution in [-0.4, -0.2) is 35.9 Å². The van der Waals surface area contributed by atoms with E-state index in [1.165, 1.54) is 24.3 Å². The van der Waals surface area contributed by atoms with E-state index in [-0.39, 0.29) is 35.7 Å². The number of nitrogens with one attached hydrogen (secondary N) is 1. The van der Waals surface area contributed by atoms with Crippen LogP contribution in [0.3, 0.4) is 0 Å². The fourth-order valence-electron chi connectivity index (χ4n) is 3.66. The lowest BCUT2D eigenvalue weighted by atomic mass is 9.94. The van der Waals surface area contributed by atoms with E-state index in [1.807, 2.05) is 45.0 Å². The molecule has 1 aliphatic heterocycles. The Balaban J connectivity index is 1.52. The van der Waals surface area contributed by atoms with Crippen molar-refractivity contribution in [2.45, 2.75) is 45.8 Å². The number of hydrogen-bond donors (Lipinski definition) is 1. The molecule has 2 aromatic carbocycles. The van der Waals surface area contributed by atoms with Crippen molar-refractivity contribution >= 4 is 11.8 Å². The summed E-state index contributed by atoms with van der Waals surface area (Å²) in [7, 11) is 0. The highest BCUT2D eigenvalue weighted by Crippen LogP contribution is 2.23. The minimum Gasteiger partial charge on any atom is -0.491 e. The number of carbonyl (C=O) groups excluding carboxylic acids is 2. The number of amides is 2. The zero-order valence-electron chi connectivity index (χ0n) is 17.7. The predicted octanol–water partition coefficient (Wildman–Crippen LogP) is 4.34. The van der Waals surface area contributed by atoms with Crippen LogP contribution in [0.2, 0.25) is 0 Å². The highest BCUT2D eigenvalue weighted by atomic mass is 19.1. The fraction of sp³-hybridized carbons (Fsp3) is 0.417. The number of nitrogens with zero attached hydrogens (tertiary/aromatic N) is 1. The van der Waals surface area contributed by atoms with E-state index in [2.05, 4.69) is 5.32 Å². The molecule has 30 heavy (non-hydrogen) atoms. The summed E-state index contributed by atoms with van der Waals surface area (Å²) in [5.41, 5.74) is 1.46. The Kier molecular flexibility index (Phi) is 7.08. The van der Waals surface area contributed by atoms with Crippen molar-refractivity contribution in [2.75, 3.05) is 13.1 Å². The van der Waals surface area contributed by atoms with E-state index >= 15 is 0 Å². The van der Waals surface area contributed by atoms with Gasteiger partial charge >= 0.3 is 0 Å². The highest BCUT2D eigenvalue weighted by molar-refractivity contribution is 5.94. The van der Waals surface area contributed by atoms with Crippen molar-refractivity contribution in [1.82, 2.24) is 10.2 Å². The van der Waals surface area contributed by atoms with Crippen LogP contribution in [-0.2, 0) is 4.79 Å². The maximum absolute atomic E-state index is 13.1. The lowest BCUT2D eigenvalue weighted by Gasteiger charge is -2.32. The molecule has 0 radical (unpaired) electrons. The first-order valence-electron chi connectivity index (χ1n) is 10.5. The van der Waals surface area contributed by atoms with Gasteiger partial charge in [0.2, 0.25) is 5.91 Å². The molecule has 1 saturated heterocycles. The first-order chi connectivity index (χ1) is 14.3. The Morgan fingerprint density at radius 3 is 2.37 bits per heavy atom. The smallest absolute Gasteiger partial charge is 0.253 e. The van der Waals surface area contributed by atoms with Crippen LogP contribution < -0.4 is 10.1 Å². The van der Waals surface area contributed by atoms with Crippen LogP contribution >= 0.6 is 0 Å². The molecule has 0 saturated carbocycles. The number of piperidine rings is 1. The molecule has 6 heteroatoms. The van der Waals surface area contributed by atoms with Crippen molar-refractivity contribution in [3.63, 3.8) is 0 Å². The Morgan fingerprint density at radius 1 is 1.07 bits per heavy atom. The predicted molar refractivity (Wildman–Crippen MR) is 114 cm³/mol. The molecule has 1 heterocycles. The van der Waals surface area contributed by atoms with Crippen LogP contribution in [0, 0.1) is 11.7 Å². The molecule has 0 bridgehead atoms. The van der Waals surface area contributed by atoms with E-state index < -0.39 is 0 Å². The molecule has 1 fully saturated rings. The van der Waals surface area contributed by atoms with Gasteiger partial charge in [-0.1, -0.05) is 12.1 Å². The summed E-state index contributed by atoms with van der Waals surface area (Å²) in [4.78, 5) is 27.0. The second-order valence-electron chi connectivity index (χ2n) is 8.04. The first-order valence-corrected chi connectivity index (χ1v) is 10.5. The van der Waals surface area contributed by atoms with E-state index in [0.29, 0.717) is 31.5 Å². The minimum atomic E-state index is -0.364. The van der Waals surface area contributed by atoms with Gasteiger partial charge < -0.3 is 15.0 Å². The molecule has 3 rings (SSSR count). The maximum Gasteiger partial charge on any atom is 0.253 e. The highest BCUT2D eigenvalue weighted by Gasteiger charge is 2.28. The number of ether oxygens (including phenoxy) is 1. The molecule has 1 N–H and O–H groups in total. The Labute approximate surface area is 177 Å². The van der Waals surface area contributed by atoms with Crippen LogP contribution in [0.4, 0.5) is 4.39 Å². The van der Waals surface area contributed by atoms with Gasteiger partial charge in [0.05, 0.1) is 12.1 Å². The van der Waals surface area contributed by atoms with Gasteiger partial charge in [0.15, 0.2) is 0 Å². The standard InChI is InChI=1S/C24H29FN2O3/c1-16(2)30-22-6-4-5-20(15-22)17(3)26-23(28)18-11-13-27(14-12-18)24(29)19-7-9-21(25)10-8-19/h4-10,15-18H,11-14H2,1-3H3,(H,26,28)/t17-/m0/s1. The molecule has 0 unspecified atom stereocenters. The molecular weight excluding hydrogens is 383 g/mol. The van der Waals surface area contributed by atoms with Gasteiger partial charge in [-0.2, -0.15) is 0 Å². The second kappa shape index (κ2) is 9.74. The Bertz CT molecular complexity index is 874. The number of carbonyl (C=O) groups is 2. The molecule has 160 valence electrons. The first kappa shape index (κ1) is 21.8. The molecule has 5 nitrogen and oxygen atoms in total. The number of hydrogen-bond acceptors (Lipinski definition) is 3. The summed E-state index contributed by atoms with van der Waals surface area (Å²) in [6.45, 7) is 6.94. The quantitative estimate of drug-likeness (QED) is 0.768. The monoisotopic (exact) mass is 412 g/mol. The molecule has 0 spiro atoms. The van der Waals surface area contributed by atoms with Crippen molar-refractivity contribution in [1.29, 1.82) is 0 Å². The van der Waals surface area contributed by atoms with E-state index in [0.717, 1.165) is 11.3 Å². The van der Waals surface area contributed by atoms with Gasteiger partial charge in [-0.05, 0) is 75.6 Å². The number of benzene rings is 2. The molecule has 2 aromatic rings. The summed E-state index contributed by atoms with van der Waals surface area (Å²) in [5.74, 6) is 0.184. The van der Waals surface area contributed by atoms with E-state index in [4.69, 9.17) is 4.74 Å². The van der Waals surface area contributed by atoms with Crippen molar-refractivity contribution in [3.8, 4) is 5.75 Å². The van der Waals surface area contributed by atoms with Gasteiger partial charge in [0, 0.05) is 24.6 Å². The SMILES string of the molecule is CC(C)Oc1cccc([C@H](C)NC(=O)C2CCN(C(=O)c3ccc(F)cc3)CC2)c1. The third kappa shape index (κ3) is 5.59. The van der Waals surface area contributed by atoms with Gasteiger partial charge in [-0.3, -0.25) is 9.59 Å². The lowest BCUT2D eigenvalue weighted by Crippen LogP contribution is -2.43. The zero-order chi connectivity index (χ0) is 21.7. The van der Waals surface area contributed by atoms with Crippen LogP contribution in [0.25, 0.3) is 0 Å². The lowest BCUT2D eigenvalue weighted by molar-refractivity contribution is -0.127. The number of halogens is 1. The minimum absolute atomic E-state index is 0.00608. The summed E-state index contributed by atoms with van der Waals surface area (Å²) in [6, 6.07) is 13.2. The summed E-state index contributed by atoms with van der Waals surface area (Å²) in [5, 5.41) is 3.09. The molecule has 1 aliphatic rings. The summed E-state index contributed by atoms with van der Waals surface area (Å²) < 4.78 is 18.8. The molecule has 1 atom stereocenters. The Hall–Kier alpha value is -2.89. The third-order valence-electron chi connectivity index (χ3n) is 5.33. The average molecular weight is 413 g/mol.